The molecule has 0 heterocycles. The third kappa shape index (κ3) is 4.22. The van der Waals surface area contributed by atoms with Gasteiger partial charge in [0, 0.05) is 12.3 Å². The van der Waals surface area contributed by atoms with E-state index in [0.717, 1.165) is 12.7 Å². The maximum Gasteiger partial charge on any atom is 0.325 e. The second kappa shape index (κ2) is 6.53. The Morgan fingerprint density at radius 3 is 2.42 bits per heavy atom. The molecule has 1 atom stereocenters. The van der Waals surface area contributed by atoms with Gasteiger partial charge in [0.25, 0.3) is 0 Å². The van der Waals surface area contributed by atoms with E-state index in [1.54, 1.807) is 24.3 Å². The van der Waals surface area contributed by atoms with Crippen molar-refractivity contribution in [1.29, 1.82) is 0 Å². The van der Waals surface area contributed by atoms with Crippen LogP contribution in [-0.2, 0) is 26.0 Å². The molecular weight excluding hydrogens is 270 g/mol. The summed E-state index contributed by atoms with van der Waals surface area (Å²) in [4.78, 5) is 11.2. The molecule has 0 aliphatic heterocycles. The summed E-state index contributed by atoms with van der Waals surface area (Å²) in [6.07, 6.45) is 0.506. The van der Waals surface area contributed by atoms with Gasteiger partial charge in [0.2, 0.25) is 10.0 Å². The average Bonchev–Trinajstić information content (AvgIpc) is 2.39. The minimum atomic E-state index is -3.82. The number of benzene rings is 1. The van der Waals surface area contributed by atoms with Gasteiger partial charge in [-0.15, -0.1) is 0 Å². The van der Waals surface area contributed by atoms with E-state index in [-0.39, 0.29) is 6.61 Å². The van der Waals surface area contributed by atoms with Crippen LogP contribution in [0.2, 0.25) is 0 Å². The Labute approximate surface area is 112 Å². The fraction of sp³-hybridized carbons (Fsp3) is 0.417. The van der Waals surface area contributed by atoms with Crippen LogP contribution >= 0.6 is 0 Å². The van der Waals surface area contributed by atoms with Gasteiger partial charge in [0.05, 0.1) is 7.11 Å². The number of hydrogen-bond donors (Lipinski definition) is 2. The highest BCUT2D eigenvalue weighted by atomic mass is 32.2. The van der Waals surface area contributed by atoms with Crippen LogP contribution in [0, 0.1) is 0 Å². The number of methoxy groups -OCH3 is 1. The van der Waals surface area contributed by atoms with Crippen LogP contribution in [0.4, 0.5) is 5.69 Å². The van der Waals surface area contributed by atoms with Gasteiger partial charge in [-0.2, -0.15) is 0 Å². The van der Waals surface area contributed by atoms with E-state index in [2.05, 4.69) is 9.46 Å². The lowest BCUT2D eigenvalue weighted by Gasteiger charge is -2.13. The molecule has 0 amide bonds. The molecule has 7 heteroatoms. The Morgan fingerprint density at radius 1 is 1.37 bits per heavy atom. The van der Waals surface area contributed by atoms with E-state index in [4.69, 9.17) is 5.11 Å². The van der Waals surface area contributed by atoms with Crippen molar-refractivity contribution in [3.8, 4) is 0 Å². The smallest absolute Gasteiger partial charge is 0.325 e. The molecule has 2 N–H and O–H groups in total. The summed E-state index contributed by atoms with van der Waals surface area (Å²) in [6, 6.07) is 6.56. The minimum absolute atomic E-state index is 0.0322. The topological polar surface area (TPSA) is 92.7 Å². The van der Waals surface area contributed by atoms with Gasteiger partial charge in [-0.3, -0.25) is 9.52 Å². The zero-order valence-corrected chi connectivity index (χ0v) is 11.6. The Kier molecular flexibility index (Phi) is 5.31. The molecule has 106 valence electrons. The maximum atomic E-state index is 11.9. The van der Waals surface area contributed by atoms with Crippen LogP contribution in [0.1, 0.15) is 12.5 Å². The van der Waals surface area contributed by atoms with Crippen molar-refractivity contribution in [2.75, 3.05) is 18.4 Å². The molecule has 6 nitrogen and oxygen atoms in total. The third-order valence-corrected chi connectivity index (χ3v) is 4.26. The number of esters is 1. The quantitative estimate of drug-likeness (QED) is 0.744. The molecule has 1 aromatic rings. The fourth-order valence-corrected chi connectivity index (χ4v) is 2.40. The van der Waals surface area contributed by atoms with Crippen LogP contribution in [0.5, 0.6) is 0 Å². The van der Waals surface area contributed by atoms with E-state index in [9.17, 15) is 13.2 Å². The second-order valence-electron chi connectivity index (χ2n) is 3.98. The number of nitrogens with one attached hydrogen (secondary N) is 1. The highest BCUT2D eigenvalue weighted by Crippen LogP contribution is 2.14. The molecule has 0 aromatic heterocycles. The van der Waals surface area contributed by atoms with E-state index in [1.807, 2.05) is 0 Å². The summed E-state index contributed by atoms with van der Waals surface area (Å²) in [7, 11) is -2.69. The summed E-state index contributed by atoms with van der Waals surface area (Å²) < 4.78 is 30.4. The number of aliphatic hydroxyl groups is 1. The zero-order valence-electron chi connectivity index (χ0n) is 10.8. The van der Waals surface area contributed by atoms with Gasteiger partial charge < -0.3 is 9.84 Å². The summed E-state index contributed by atoms with van der Waals surface area (Å²) >= 11 is 0. The highest BCUT2D eigenvalue weighted by Gasteiger charge is 2.28. The van der Waals surface area contributed by atoms with Gasteiger partial charge in [-0.1, -0.05) is 12.1 Å². The van der Waals surface area contributed by atoms with E-state index < -0.39 is 21.2 Å². The molecule has 0 bridgehead atoms. The number of hydrogen-bond acceptors (Lipinski definition) is 5. The molecule has 1 rings (SSSR count). The van der Waals surface area contributed by atoms with E-state index in [1.165, 1.54) is 6.92 Å². The lowest BCUT2D eigenvalue weighted by Crippen LogP contribution is -2.33. The molecule has 1 unspecified atom stereocenters. The molecule has 0 saturated carbocycles. The van der Waals surface area contributed by atoms with Crippen molar-refractivity contribution < 1.29 is 23.1 Å². The third-order valence-electron chi connectivity index (χ3n) is 2.61. The Morgan fingerprint density at radius 2 is 1.95 bits per heavy atom. The van der Waals surface area contributed by atoms with Gasteiger partial charge >= 0.3 is 5.97 Å². The Hall–Kier alpha value is -1.60. The van der Waals surface area contributed by atoms with Crippen LogP contribution in [0.15, 0.2) is 24.3 Å². The van der Waals surface area contributed by atoms with Crippen molar-refractivity contribution in [3.63, 3.8) is 0 Å². The first-order valence-electron chi connectivity index (χ1n) is 5.70. The van der Waals surface area contributed by atoms with Crippen LogP contribution in [0.25, 0.3) is 0 Å². The molecular formula is C12H17NO5S. The molecule has 0 aliphatic carbocycles. The standard InChI is InChI=1S/C12H17NO5S/c1-9(12(15)18-2)19(16,17)13-11-5-3-10(4-6-11)7-8-14/h3-6,9,13-14H,7-8H2,1-2H3. The Balaban J connectivity index is 2.81. The lowest BCUT2D eigenvalue weighted by molar-refractivity contribution is -0.139. The monoisotopic (exact) mass is 287 g/mol. The number of rotatable bonds is 6. The molecule has 0 fully saturated rings. The SMILES string of the molecule is COC(=O)C(C)S(=O)(=O)Nc1ccc(CCO)cc1. The lowest BCUT2D eigenvalue weighted by atomic mass is 10.1. The van der Waals surface area contributed by atoms with E-state index in [0.29, 0.717) is 12.1 Å². The predicted molar refractivity (Wildman–Crippen MR) is 71.3 cm³/mol. The number of carbonyl (C=O) groups is 1. The highest BCUT2D eigenvalue weighted by molar-refractivity contribution is 7.94. The van der Waals surface area contributed by atoms with Crippen LogP contribution < -0.4 is 4.72 Å². The zero-order chi connectivity index (χ0) is 14.5. The first-order valence-corrected chi connectivity index (χ1v) is 7.24. The molecule has 0 saturated heterocycles. The van der Waals surface area contributed by atoms with Crippen LogP contribution in [0.3, 0.4) is 0 Å². The van der Waals surface area contributed by atoms with Crippen molar-refractivity contribution in [1.82, 2.24) is 0 Å². The van der Waals surface area contributed by atoms with Gasteiger partial charge in [-0.25, -0.2) is 8.42 Å². The normalized spacial score (nSPS) is 12.8. The summed E-state index contributed by atoms with van der Waals surface area (Å²) in [6.45, 7) is 1.29. The number of anilines is 1. The number of aliphatic hydroxyl groups excluding tert-OH is 1. The maximum absolute atomic E-state index is 11.9. The predicted octanol–water partition coefficient (Wildman–Crippen LogP) is 0.525. The number of carbonyl (C=O) groups excluding carboxylic acids is 1. The minimum Gasteiger partial charge on any atom is -0.468 e. The van der Waals surface area contributed by atoms with Crippen molar-refractivity contribution in [2.24, 2.45) is 0 Å². The first-order chi connectivity index (χ1) is 8.90. The summed E-state index contributed by atoms with van der Waals surface area (Å²) in [5.41, 5.74) is 1.25. The molecule has 0 radical (unpaired) electrons. The summed E-state index contributed by atoms with van der Waals surface area (Å²) in [5, 5.41) is 7.49. The second-order valence-corrected chi connectivity index (χ2v) is 5.98. The van der Waals surface area contributed by atoms with Gasteiger partial charge in [0.1, 0.15) is 0 Å². The number of ether oxygens (including phenoxy) is 1. The fourth-order valence-electron chi connectivity index (χ4n) is 1.41. The summed E-state index contributed by atoms with van der Waals surface area (Å²) in [5.74, 6) is -0.815. The molecule has 0 spiro atoms. The number of sulfonamides is 1. The van der Waals surface area contributed by atoms with Crippen LogP contribution in [-0.4, -0.2) is 38.5 Å². The first kappa shape index (κ1) is 15.5. The van der Waals surface area contributed by atoms with Crippen molar-refractivity contribution in [2.45, 2.75) is 18.6 Å². The molecule has 19 heavy (non-hydrogen) atoms. The largest absolute Gasteiger partial charge is 0.468 e. The van der Waals surface area contributed by atoms with Gasteiger partial charge in [0.15, 0.2) is 5.25 Å². The molecule has 1 aromatic carbocycles. The molecule has 0 aliphatic rings. The Bertz CT molecular complexity index is 524. The average molecular weight is 287 g/mol. The van der Waals surface area contributed by atoms with Crippen molar-refractivity contribution >= 4 is 21.7 Å². The van der Waals surface area contributed by atoms with Crippen molar-refractivity contribution in [3.05, 3.63) is 29.8 Å². The van der Waals surface area contributed by atoms with Gasteiger partial charge in [-0.05, 0) is 31.0 Å². The van der Waals surface area contributed by atoms with E-state index >= 15 is 0 Å².